The van der Waals surface area contributed by atoms with Crippen LogP contribution in [-0.4, -0.2) is 5.91 Å². The third-order valence-corrected chi connectivity index (χ3v) is 5.29. The van der Waals surface area contributed by atoms with Crippen LogP contribution in [0.3, 0.4) is 0 Å². The number of nitriles is 1. The highest BCUT2D eigenvalue weighted by atomic mass is 79.9. The number of hydrogen-bond acceptors (Lipinski definition) is 3. The van der Waals surface area contributed by atoms with Crippen molar-refractivity contribution >= 4 is 61.1 Å². The lowest BCUT2D eigenvalue weighted by Crippen LogP contribution is -2.13. The molecule has 0 radical (unpaired) electrons. The predicted octanol–water partition coefficient (Wildman–Crippen LogP) is 6.99. The summed E-state index contributed by atoms with van der Waals surface area (Å²) in [6.07, 6.45) is 1.50. The van der Waals surface area contributed by atoms with E-state index in [0.29, 0.717) is 33.1 Å². The van der Waals surface area contributed by atoms with Crippen LogP contribution in [0.2, 0.25) is 5.02 Å². The fourth-order valence-electron chi connectivity index (χ4n) is 2.64. The van der Waals surface area contributed by atoms with Gasteiger partial charge in [-0.3, -0.25) is 4.79 Å². The van der Waals surface area contributed by atoms with E-state index in [0.717, 1.165) is 10.0 Å². The van der Waals surface area contributed by atoms with E-state index in [-0.39, 0.29) is 5.57 Å². The first-order valence-electron chi connectivity index (χ1n) is 8.81. The Morgan fingerprint density at radius 1 is 1.10 bits per heavy atom. The van der Waals surface area contributed by atoms with Crippen molar-refractivity contribution in [3.05, 3.63) is 97.4 Å². The maximum Gasteiger partial charge on any atom is 0.266 e. The molecule has 0 spiro atoms. The van der Waals surface area contributed by atoms with Gasteiger partial charge in [0.1, 0.15) is 24.0 Å². The molecule has 0 heterocycles. The standard InChI is InChI=1S/C23H15Br2ClN2O2/c24-18-10-16(22(21(25)11-18)30-14-15-5-2-1-3-6-15)9-17(13-27)23(29)28-20-8-4-7-19(26)12-20/h1-12H,14H2,(H,28,29)/b17-9+. The van der Waals surface area contributed by atoms with Crippen LogP contribution in [0.25, 0.3) is 6.08 Å². The molecular formula is C23H15Br2ClN2O2. The molecule has 0 unspecified atom stereocenters. The molecule has 1 amide bonds. The summed E-state index contributed by atoms with van der Waals surface area (Å²) in [6.45, 7) is 0.346. The largest absolute Gasteiger partial charge is 0.487 e. The number of ether oxygens (including phenoxy) is 1. The number of rotatable bonds is 6. The maximum absolute atomic E-state index is 12.6. The van der Waals surface area contributed by atoms with Gasteiger partial charge in [0.2, 0.25) is 0 Å². The second-order valence-corrected chi connectivity index (χ2v) is 8.42. The van der Waals surface area contributed by atoms with Gasteiger partial charge in [-0.2, -0.15) is 5.26 Å². The summed E-state index contributed by atoms with van der Waals surface area (Å²) in [5.74, 6) is -0.00441. The van der Waals surface area contributed by atoms with Crippen molar-refractivity contribution in [1.29, 1.82) is 5.26 Å². The molecular weight excluding hydrogens is 532 g/mol. The van der Waals surface area contributed by atoms with Crippen molar-refractivity contribution in [3.63, 3.8) is 0 Å². The van der Waals surface area contributed by atoms with Crippen molar-refractivity contribution < 1.29 is 9.53 Å². The Morgan fingerprint density at radius 2 is 1.87 bits per heavy atom. The summed E-state index contributed by atoms with van der Waals surface area (Å²) in [4.78, 5) is 12.6. The van der Waals surface area contributed by atoms with Gasteiger partial charge in [0.05, 0.1) is 4.47 Å². The average molecular weight is 547 g/mol. The Kier molecular flexibility index (Phi) is 7.69. The van der Waals surface area contributed by atoms with Crippen LogP contribution in [0.15, 0.2) is 81.2 Å². The van der Waals surface area contributed by atoms with Crippen LogP contribution in [0.5, 0.6) is 5.75 Å². The quantitative estimate of drug-likeness (QED) is 0.268. The Morgan fingerprint density at radius 3 is 2.57 bits per heavy atom. The predicted molar refractivity (Wildman–Crippen MR) is 126 cm³/mol. The smallest absolute Gasteiger partial charge is 0.266 e. The van der Waals surface area contributed by atoms with Crippen molar-refractivity contribution in [2.75, 3.05) is 5.32 Å². The van der Waals surface area contributed by atoms with Crippen molar-refractivity contribution in [2.24, 2.45) is 0 Å². The molecule has 0 saturated carbocycles. The Bertz CT molecular complexity index is 1140. The molecule has 0 fully saturated rings. The van der Waals surface area contributed by atoms with Gasteiger partial charge in [-0.1, -0.05) is 63.9 Å². The number of nitrogens with zero attached hydrogens (tertiary/aromatic N) is 1. The first-order valence-corrected chi connectivity index (χ1v) is 10.8. The van der Waals surface area contributed by atoms with E-state index in [2.05, 4.69) is 37.2 Å². The van der Waals surface area contributed by atoms with Gasteiger partial charge in [0.15, 0.2) is 0 Å². The van der Waals surface area contributed by atoms with Crippen LogP contribution in [0.4, 0.5) is 5.69 Å². The lowest BCUT2D eigenvalue weighted by molar-refractivity contribution is -0.112. The van der Waals surface area contributed by atoms with Crippen LogP contribution in [-0.2, 0) is 11.4 Å². The van der Waals surface area contributed by atoms with E-state index in [1.165, 1.54) is 6.08 Å². The third-order valence-electron chi connectivity index (χ3n) is 4.01. The topological polar surface area (TPSA) is 62.1 Å². The molecule has 30 heavy (non-hydrogen) atoms. The van der Waals surface area contributed by atoms with Crippen molar-refractivity contribution in [3.8, 4) is 11.8 Å². The fourth-order valence-corrected chi connectivity index (χ4v) is 4.20. The van der Waals surface area contributed by atoms with Gasteiger partial charge in [0, 0.05) is 20.7 Å². The molecule has 3 aromatic rings. The van der Waals surface area contributed by atoms with Crippen LogP contribution >= 0.6 is 43.5 Å². The summed E-state index contributed by atoms with van der Waals surface area (Å²) < 4.78 is 7.48. The van der Waals surface area contributed by atoms with Crippen molar-refractivity contribution in [2.45, 2.75) is 6.61 Å². The molecule has 1 N–H and O–H groups in total. The van der Waals surface area contributed by atoms with Gasteiger partial charge in [0.25, 0.3) is 5.91 Å². The zero-order chi connectivity index (χ0) is 21.5. The van der Waals surface area contributed by atoms with Crippen LogP contribution < -0.4 is 10.1 Å². The number of anilines is 1. The van der Waals surface area contributed by atoms with Gasteiger partial charge in [-0.15, -0.1) is 0 Å². The Hall–Kier alpha value is -2.59. The molecule has 4 nitrogen and oxygen atoms in total. The second-order valence-electron chi connectivity index (χ2n) is 6.21. The zero-order valence-electron chi connectivity index (χ0n) is 15.5. The number of benzene rings is 3. The van der Waals surface area contributed by atoms with Crippen LogP contribution in [0.1, 0.15) is 11.1 Å². The van der Waals surface area contributed by atoms with E-state index >= 15 is 0 Å². The number of amides is 1. The minimum Gasteiger partial charge on any atom is -0.487 e. The van der Waals surface area contributed by atoms with E-state index in [1.54, 1.807) is 30.3 Å². The minimum absolute atomic E-state index is 0.0652. The average Bonchev–Trinajstić information content (AvgIpc) is 2.72. The van der Waals surface area contributed by atoms with Gasteiger partial charge in [-0.25, -0.2) is 0 Å². The lowest BCUT2D eigenvalue weighted by Gasteiger charge is -2.13. The van der Waals surface area contributed by atoms with Gasteiger partial charge < -0.3 is 10.1 Å². The normalized spacial score (nSPS) is 10.9. The third kappa shape index (κ3) is 5.96. The monoisotopic (exact) mass is 544 g/mol. The summed E-state index contributed by atoms with van der Waals surface area (Å²) in [7, 11) is 0. The zero-order valence-corrected chi connectivity index (χ0v) is 19.5. The van der Waals surface area contributed by atoms with Crippen molar-refractivity contribution in [1.82, 2.24) is 0 Å². The highest BCUT2D eigenvalue weighted by Crippen LogP contribution is 2.35. The molecule has 7 heteroatoms. The summed E-state index contributed by atoms with van der Waals surface area (Å²) in [5, 5.41) is 12.7. The fraction of sp³-hybridized carbons (Fsp3) is 0.0435. The van der Waals surface area contributed by atoms with E-state index in [4.69, 9.17) is 16.3 Å². The molecule has 3 aromatic carbocycles. The molecule has 0 atom stereocenters. The van der Waals surface area contributed by atoms with Gasteiger partial charge in [-0.05, 0) is 57.9 Å². The summed E-state index contributed by atoms with van der Waals surface area (Å²) in [5.41, 5.74) is 2.03. The number of halogens is 3. The maximum atomic E-state index is 12.6. The molecule has 150 valence electrons. The van der Waals surface area contributed by atoms with Gasteiger partial charge >= 0.3 is 0 Å². The summed E-state index contributed by atoms with van der Waals surface area (Å²) >= 11 is 12.9. The molecule has 0 aliphatic rings. The number of carbonyl (C=O) groups excluding carboxylic acids is 1. The molecule has 0 saturated heterocycles. The van der Waals surface area contributed by atoms with Crippen LogP contribution in [0, 0.1) is 11.3 Å². The highest BCUT2D eigenvalue weighted by molar-refractivity contribution is 9.11. The Labute approximate surface area is 196 Å². The molecule has 0 aromatic heterocycles. The Balaban J connectivity index is 1.89. The SMILES string of the molecule is N#C/C(=C\c1cc(Br)cc(Br)c1OCc1ccccc1)C(=O)Nc1cccc(Cl)c1. The number of hydrogen-bond donors (Lipinski definition) is 1. The number of nitrogens with one attached hydrogen (secondary N) is 1. The first kappa shape index (κ1) is 22.1. The first-order chi connectivity index (χ1) is 14.5. The molecule has 0 aliphatic heterocycles. The molecule has 0 aliphatic carbocycles. The lowest BCUT2D eigenvalue weighted by atomic mass is 10.1. The second kappa shape index (κ2) is 10.4. The highest BCUT2D eigenvalue weighted by Gasteiger charge is 2.14. The van der Waals surface area contributed by atoms with E-state index in [1.807, 2.05) is 42.5 Å². The minimum atomic E-state index is -0.537. The number of carbonyl (C=O) groups is 1. The summed E-state index contributed by atoms with van der Waals surface area (Å²) in [6, 6.07) is 22.0. The van der Waals surface area contributed by atoms with E-state index < -0.39 is 5.91 Å². The molecule has 3 rings (SSSR count). The molecule has 0 bridgehead atoms. The van der Waals surface area contributed by atoms with E-state index in [9.17, 15) is 10.1 Å².